The normalized spacial score (nSPS) is 15.3. The first-order valence-corrected chi connectivity index (χ1v) is 5.76. The van der Waals surface area contributed by atoms with Gasteiger partial charge in [0.15, 0.2) is 0 Å². The molecule has 1 fully saturated rings. The fraction of sp³-hybridized carbons (Fsp3) is 0.909. The van der Waals surface area contributed by atoms with Gasteiger partial charge < -0.3 is 15.4 Å². The van der Waals surface area contributed by atoms with Crippen molar-refractivity contribution in [3.8, 4) is 0 Å². The molecule has 4 heteroatoms. The Labute approximate surface area is 91.8 Å². The van der Waals surface area contributed by atoms with E-state index >= 15 is 0 Å². The van der Waals surface area contributed by atoms with Crippen LogP contribution in [0.5, 0.6) is 0 Å². The molecule has 0 aromatic heterocycles. The van der Waals surface area contributed by atoms with E-state index in [9.17, 15) is 4.79 Å². The topological polar surface area (TPSA) is 55.6 Å². The van der Waals surface area contributed by atoms with Crippen LogP contribution in [0, 0.1) is 5.92 Å². The number of nitrogens with two attached hydrogens (primary N) is 1. The summed E-state index contributed by atoms with van der Waals surface area (Å²) < 4.78 is 5.32. The molecule has 0 saturated heterocycles. The first kappa shape index (κ1) is 12.5. The minimum absolute atomic E-state index is 0.0549. The van der Waals surface area contributed by atoms with Crippen molar-refractivity contribution < 1.29 is 9.53 Å². The van der Waals surface area contributed by atoms with Gasteiger partial charge in [0.1, 0.15) is 6.61 Å². The van der Waals surface area contributed by atoms with E-state index in [1.165, 1.54) is 12.8 Å². The van der Waals surface area contributed by atoms with Crippen molar-refractivity contribution in [2.45, 2.75) is 25.7 Å². The largest absolute Gasteiger partial charge is 0.372 e. The highest BCUT2D eigenvalue weighted by Crippen LogP contribution is 2.31. The molecule has 1 rings (SSSR count). The summed E-state index contributed by atoms with van der Waals surface area (Å²) >= 11 is 0. The molecule has 2 N–H and O–H groups in total. The second-order valence-electron chi connectivity index (χ2n) is 4.24. The number of hydrogen-bond acceptors (Lipinski definition) is 3. The lowest BCUT2D eigenvalue weighted by Crippen LogP contribution is -2.32. The molecule has 0 bridgehead atoms. The highest BCUT2D eigenvalue weighted by molar-refractivity contribution is 5.77. The molecule has 0 spiro atoms. The molecule has 0 aromatic carbocycles. The predicted molar refractivity (Wildman–Crippen MR) is 59.5 cm³/mol. The predicted octanol–water partition coefficient (Wildman–Crippen LogP) is 0.610. The molecule has 0 atom stereocenters. The Morgan fingerprint density at radius 1 is 1.53 bits per heavy atom. The van der Waals surface area contributed by atoms with Gasteiger partial charge in [0.05, 0.1) is 0 Å². The third-order valence-corrected chi connectivity index (χ3v) is 2.72. The highest BCUT2D eigenvalue weighted by Gasteiger charge is 2.20. The van der Waals surface area contributed by atoms with E-state index in [-0.39, 0.29) is 12.5 Å². The van der Waals surface area contributed by atoms with Gasteiger partial charge in [-0.2, -0.15) is 0 Å². The standard InChI is InChI=1S/C11H22N2O2/c1-13(7-2-6-12)11(14)9-15-8-5-10-3-4-10/h10H,2-9,12H2,1H3. The Bertz CT molecular complexity index is 193. The summed E-state index contributed by atoms with van der Waals surface area (Å²) in [5.74, 6) is 0.925. The minimum atomic E-state index is 0.0549. The summed E-state index contributed by atoms with van der Waals surface area (Å²) in [6.45, 7) is 2.29. The summed E-state index contributed by atoms with van der Waals surface area (Å²) in [6, 6.07) is 0. The van der Waals surface area contributed by atoms with Gasteiger partial charge >= 0.3 is 0 Å². The maximum absolute atomic E-state index is 11.5. The second kappa shape index (κ2) is 6.80. The third kappa shape index (κ3) is 5.74. The summed E-state index contributed by atoms with van der Waals surface area (Å²) in [7, 11) is 1.79. The summed E-state index contributed by atoms with van der Waals surface area (Å²) in [6.07, 6.45) is 4.64. The van der Waals surface area contributed by atoms with Crippen molar-refractivity contribution in [1.29, 1.82) is 0 Å². The maximum atomic E-state index is 11.5. The van der Waals surface area contributed by atoms with Crippen LogP contribution in [0.4, 0.5) is 0 Å². The van der Waals surface area contributed by atoms with Crippen LogP contribution in [0.15, 0.2) is 0 Å². The van der Waals surface area contributed by atoms with Gasteiger partial charge in [-0.1, -0.05) is 12.8 Å². The number of hydrogen-bond donors (Lipinski definition) is 1. The Hall–Kier alpha value is -0.610. The number of likely N-dealkylation sites (N-methyl/N-ethyl adjacent to an activating group) is 1. The fourth-order valence-electron chi connectivity index (χ4n) is 1.38. The average Bonchev–Trinajstić information content (AvgIpc) is 3.04. The second-order valence-corrected chi connectivity index (χ2v) is 4.24. The number of rotatable bonds is 8. The van der Waals surface area contributed by atoms with Crippen LogP contribution in [0.25, 0.3) is 0 Å². The lowest BCUT2D eigenvalue weighted by molar-refractivity contribution is -0.134. The van der Waals surface area contributed by atoms with Crippen LogP contribution < -0.4 is 5.73 Å². The van der Waals surface area contributed by atoms with E-state index < -0.39 is 0 Å². The van der Waals surface area contributed by atoms with E-state index in [2.05, 4.69) is 0 Å². The van der Waals surface area contributed by atoms with Crippen molar-refractivity contribution in [2.75, 3.05) is 33.4 Å². The Kier molecular flexibility index (Phi) is 5.65. The first-order valence-electron chi connectivity index (χ1n) is 5.76. The number of nitrogens with zero attached hydrogens (tertiary/aromatic N) is 1. The number of carbonyl (C=O) groups is 1. The first-order chi connectivity index (χ1) is 7.24. The molecule has 0 aromatic rings. The van der Waals surface area contributed by atoms with E-state index in [0.717, 1.165) is 31.9 Å². The van der Waals surface area contributed by atoms with Crippen LogP contribution in [-0.2, 0) is 9.53 Å². The number of carbonyl (C=O) groups excluding carboxylic acids is 1. The third-order valence-electron chi connectivity index (χ3n) is 2.72. The van der Waals surface area contributed by atoms with Gasteiger partial charge in [-0.05, 0) is 25.3 Å². The van der Waals surface area contributed by atoms with E-state index in [1.807, 2.05) is 0 Å². The van der Waals surface area contributed by atoms with Crippen molar-refractivity contribution in [3.63, 3.8) is 0 Å². The van der Waals surface area contributed by atoms with E-state index in [1.54, 1.807) is 11.9 Å². The molecule has 15 heavy (non-hydrogen) atoms. The maximum Gasteiger partial charge on any atom is 0.248 e. The zero-order chi connectivity index (χ0) is 11.1. The Morgan fingerprint density at radius 3 is 2.87 bits per heavy atom. The van der Waals surface area contributed by atoms with Crippen LogP contribution in [0.1, 0.15) is 25.7 Å². The van der Waals surface area contributed by atoms with Crippen LogP contribution in [-0.4, -0.2) is 44.2 Å². The molecule has 1 aliphatic carbocycles. The number of ether oxygens (including phenoxy) is 1. The minimum Gasteiger partial charge on any atom is -0.372 e. The fourth-order valence-corrected chi connectivity index (χ4v) is 1.38. The molecular weight excluding hydrogens is 192 g/mol. The monoisotopic (exact) mass is 214 g/mol. The quantitative estimate of drug-likeness (QED) is 0.602. The lowest BCUT2D eigenvalue weighted by Gasteiger charge is -2.16. The van der Waals surface area contributed by atoms with Crippen molar-refractivity contribution in [2.24, 2.45) is 11.7 Å². The van der Waals surface area contributed by atoms with Gasteiger partial charge in [-0.3, -0.25) is 4.79 Å². The lowest BCUT2D eigenvalue weighted by atomic mass is 10.3. The molecule has 1 saturated carbocycles. The van der Waals surface area contributed by atoms with E-state index in [4.69, 9.17) is 10.5 Å². The molecule has 88 valence electrons. The zero-order valence-electron chi connectivity index (χ0n) is 9.58. The van der Waals surface area contributed by atoms with Crippen LogP contribution >= 0.6 is 0 Å². The van der Waals surface area contributed by atoms with E-state index in [0.29, 0.717) is 6.54 Å². The molecule has 1 amide bonds. The zero-order valence-corrected chi connectivity index (χ0v) is 9.58. The molecule has 1 aliphatic rings. The van der Waals surface area contributed by atoms with Crippen molar-refractivity contribution in [1.82, 2.24) is 4.90 Å². The van der Waals surface area contributed by atoms with Gasteiger partial charge in [0.2, 0.25) is 5.91 Å². The van der Waals surface area contributed by atoms with Crippen LogP contribution in [0.3, 0.4) is 0 Å². The molecule has 0 heterocycles. The van der Waals surface area contributed by atoms with Gasteiger partial charge in [0.25, 0.3) is 0 Å². The SMILES string of the molecule is CN(CCCN)C(=O)COCCC1CC1. The van der Waals surface area contributed by atoms with Gasteiger partial charge in [0, 0.05) is 20.2 Å². The summed E-state index contributed by atoms with van der Waals surface area (Å²) in [4.78, 5) is 13.2. The smallest absolute Gasteiger partial charge is 0.248 e. The average molecular weight is 214 g/mol. The molecule has 0 aliphatic heterocycles. The van der Waals surface area contributed by atoms with Crippen molar-refractivity contribution in [3.05, 3.63) is 0 Å². The van der Waals surface area contributed by atoms with Crippen LogP contribution in [0.2, 0.25) is 0 Å². The Morgan fingerprint density at radius 2 is 2.27 bits per heavy atom. The highest BCUT2D eigenvalue weighted by atomic mass is 16.5. The summed E-state index contributed by atoms with van der Waals surface area (Å²) in [5.41, 5.74) is 5.37. The van der Waals surface area contributed by atoms with Gasteiger partial charge in [-0.25, -0.2) is 0 Å². The van der Waals surface area contributed by atoms with Crippen molar-refractivity contribution >= 4 is 5.91 Å². The molecule has 0 unspecified atom stereocenters. The Balaban J connectivity index is 1.95. The molecular formula is C11H22N2O2. The summed E-state index contributed by atoms with van der Waals surface area (Å²) in [5, 5.41) is 0. The molecule has 4 nitrogen and oxygen atoms in total. The van der Waals surface area contributed by atoms with Gasteiger partial charge in [-0.15, -0.1) is 0 Å². The number of amides is 1. The molecule has 0 radical (unpaired) electrons.